The van der Waals surface area contributed by atoms with Gasteiger partial charge in [0.15, 0.2) is 0 Å². The van der Waals surface area contributed by atoms with Gasteiger partial charge >= 0.3 is 0 Å². The first-order chi connectivity index (χ1) is 12.6. The molecule has 0 aliphatic rings. The number of aromatic nitrogens is 2. The minimum Gasteiger partial charge on any atom is -0.497 e. The van der Waals surface area contributed by atoms with Crippen LogP contribution in [0.5, 0.6) is 5.75 Å². The number of aryl methyl sites for hydroxylation is 1. The fraction of sp³-hybridized carbons (Fsp3) is 0.200. The monoisotopic (exact) mass is 352 g/mol. The van der Waals surface area contributed by atoms with Crippen LogP contribution in [0.1, 0.15) is 11.4 Å². The normalized spacial score (nSPS) is 10.4. The second kappa shape index (κ2) is 8.29. The third-order valence-electron chi connectivity index (χ3n) is 3.83. The molecule has 0 saturated carbocycles. The molecule has 26 heavy (non-hydrogen) atoms. The lowest BCUT2D eigenvalue weighted by Gasteiger charge is -2.10. The molecule has 0 fully saturated rings. The molecule has 0 radical (unpaired) electrons. The van der Waals surface area contributed by atoms with E-state index in [9.17, 15) is 4.39 Å². The second-order valence-electron chi connectivity index (χ2n) is 5.84. The molecule has 1 aromatic heterocycles. The minimum atomic E-state index is -0.268. The smallest absolute Gasteiger partial charge is 0.136 e. The average molecular weight is 352 g/mol. The van der Waals surface area contributed by atoms with Crippen LogP contribution in [0.3, 0.4) is 0 Å². The molecule has 6 heteroatoms. The van der Waals surface area contributed by atoms with Crippen molar-refractivity contribution in [2.75, 3.05) is 24.3 Å². The quantitative estimate of drug-likeness (QED) is 0.663. The van der Waals surface area contributed by atoms with Crippen LogP contribution in [-0.4, -0.2) is 23.6 Å². The molecule has 1 heterocycles. The topological polar surface area (TPSA) is 59.1 Å². The van der Waals surface area contributed by atoms with E-state index in [0.717, 1.165) is 30.2 Å². The number of ether oxygens (including phenoxy) is 1. The Kier molecular flexibility index (Phi) is 5.63. The van der Waals surface area contributed by atoms with Gasteiger partial charge in [-0.3, -0.25) is 0 Å². The van der Waals surface area contributed by atoms with Crippen LogP contribution in [0, 0.1) is 12.7 Å². The van der Waals surface area contributed by atoms with E-state index in [1.807, 2.05) is 37.3 Å². The van der Waals surface area contributed by atoms with Gasteiger partial charge in [0.05, 0.1) is 7.11 Å². The van der Waals surface area contributed by atoms with Crippen molar-refractivity contribution < 1.29 is 9.13 Å². The van der Waals surface area contributed by atoms with E-state index < -0.39 is 0 Å². The van der Waals surface area contributed by atoms with Crippen molar-refractivity contribution >= 4 is 17.3 Å². The molecule has 0 aliphatic heterocycles. The highest BCUT2D eigenvalue weighted by molar-refractivity contribution is 5.59. The maximum atomic E-state index is 13.0. The first-order valence-electron chi connectivity index (χ1n) is 8.37. The van der Waals surface area contributed by atoms with Crippen LogP contribution in [0.2, 0.25) is 0 Å². The number of nitrogens with zero attached hydrogens (tertiary/aromatic N) is 2. The van der Waals surface area contributed by atoms with Gasteiger partial charge in [0.2, 0.25) is 0 Å². The van der Waals surface area contributed by atoms with E-state index in [2.05, 4.69) is 20.6 Å². The predicted octanol–water partition coefficient (Wildman–Crippen LogP) is 4.33. The fourth-order valence-corrected chi connectivity index (χ4v) is 2.53. The Bertz CT molecular complexity index is 851. The fourth-order valence-electron chi connectivity index (χ4n) is 2.53. The first-order valence-corrected chi connectivity index (χ1v) is 8.37. The number of anilines is 3. The Morgan fingerprint density at radius 2 is 1.65 bits per heavy atom. The third kappa shape index (κ3) is 4.92. The van der Waals surface area contributed by atoms with Crippen LogP contribution in [-0.2, 0) is 6.42 Å². The lowest BCUT2D eigenvalue weighted by atomic mass is 10.1. The van der Waals surface area contributed by atoms with Gasteiger partial charge < -0.3 is 15.4 Å². The van der Waals surface area contributed by atoms with Crippen molar-refractivity contribution in [2.24, 2.45) is 0 Å². The summed E-state index contributed by atoms with van der Waals surface area (Å²) in [6.07, 6.45) is 0.869. The number of halogens is 1. The third-order valence-corrected chi connectivity index (χ3v) is 3.83. The van der Waals surface area contributed by atoms with Gasteiger partial charge in [-0.05, 0) is 55.3 Å². The molecule has 0 saturated heterocycles. The highest BCUT2D eigenvalue weighted by Gasteiger charge is 2.03. The van der Waals surface area contributed by atoms with Crippen LogP contribution in [0.25, 0.3) is 0 Å². The number of hydrogen-bond donors (Lipinski definition) is 2. The van der Waals surface area contributed by atoms with E-state index in [4.69, 9.17) is 4.74 Å². The van der Waals surface area contributed by atoms with Crippen LogP contribution < -0.4 is 15.4 Å². The van der Waals surface area contributed by atoms with Gasteiger partial charge in [0, 0.05) is 18.3 Å². The average Bonchev–Trinajstić information content (AvgIpc) is 2.64. The highest BCUT2D eigenvalue weighted by Crippen LogP contribution is 2.18. The summed E-state index contributed by atoms with van der Waals surface area (Å²) in [6, 6.07) is 16.0. The summed E-state index contributed by atoms with van der Waals surface area (Å²) >= 11 is 0. The second-order valence-corrected chi connectivity index (χ2v) is 5.84. The van der Waals surface area contributed by atoms with E-state index in [1.54, 1.807) is 19.2 Å². The molecule has 5 nitrogen and oxygen atoms in total. The molecule has 0 amide bonds. The van der Waals surface area contributed by atoms with Gasteiger partial charge in [0.1, 0.15) is 29.0 Å². The molecular formula is C20H21FN4O. The molecule has 0 aliphatic carbocycles. The Morgan fingerprint density at radius 3 is 2.35 bits per heavy atom. The van der Waals surface area contributed by atoms with Gasteiger partial charge in [-0.2, -0.15) is 0 Å². The molecule has 2 aromatic carbocycles. The number of hydrogen-bond acceptors (Lipinski definition) is 5. The summed E-state index contributed by atoms with van der Waals surface area (Å²) in [6.45, 7) is 2.59. The number of rotatable bonds is 7. The van der Waals surface area contributed by atoms with E-state index in [0.29, 0.717) is 11.6 Å². The van der Waals surface area contributed by atoms with Crippen LogP contribution in [0.15, 0.2) is 54.6 Å². The van der Waals surface area contributed by atoms with Gasteiger partial charge in [-0.1, -0.05) is 12.1 Å². The molecular weight excluding hydrogens is 331 g/mol. The summed E-state index contributed by atoms with van der Waals surface area (Å²) < 4.78 is 18.2. The molecule has 3 aromatic rings. The lowest BCUT2D eigenvalue weighted by Crippen LogP contribution is -2.08. The van der Waals surface area contributed by atoms with Crippen molar-refractivity contribution in [3.05, 3.63) is 71.8 Å². The number of benzene rings is 2. The van der Waals surface area contributed by atoms with Crippen molar-refractivity contribution in [2.45, 2.75) is 13.3 Å². The molecule has 134 valence electrons. The van der Waals surface area contributed by atoms with Crippen molar-refractivity contribution in [3.63, 3.8) is 0 Å². The Balaban J connectivity index is 1.60. The highest BCUT2D eigenvalue weighted by atomic mass is 19.1. The van der Waals surface area contributed by atoms with Crippen molar-refractivity contribution in [1.29, 1.82) is 0 Å². The zero-order valence-electron chi connectivity index (χ0n) is 14.8. The van der Waals surface area contributed by atoms with Gasteiger partial charge in [0.25, 0.3) is 0 Å². The van der Waals surface area contributed by atoms with Crippen molar-refractivity contribution in [1.82, 2.24) is 9.97 Å². The molecule has 0 atom stereocenters. The lowest BCUT2D eigenvalue weighted by molar-refractivity contribution is 0.414. The Morgan fingerprint density at radius 1 is 0.962 bits per heavy atom. The molecule has 0 bridgehead atoms. The zero-order chi connectivity index (χ0) is 18.4. The molecule has 3 rings (SSSR count). The molecule has 2 N–H and O–H groups in total. The number of nitrogens with one attached hydrogen (secondary N) is 2. The Labute approximate surface area is 152 Å². The SMILES string of the molecule is COc1ccc(CCNc2cc(Nc3ccc(F)cc3)nc(C)n2)cc1. The summed E-state index contributed by atoms with van der Waals surface area (Å²) in [7, 11) is 1.66. The molecule has 0 spiro atoms. The summed E-state index contributed by atoms with van der Waals surface area (Å²) in [5, 5.41) is 6.48. The van der Waals surface area contributed by atoms with E-state index >= 15 is 0 Å². The predicted molar refractivity (Wildman–Crippen MR) is 102 cm³/mol. The van der Waals surface area contributed by atoms with Gasteiger partial charge in [-0.25, -0.2) is 14.4 Å². The summed E-state index contributed by atoms with van der Waals surface area (Å²) in [5.41, 5.74) is 1.99. The molecule has 0 unspecified atom stereocenters. The number of methoxy groups -OCH3 is 1. The first kappa shape index (κ1) is 17.7. The van der Waals surface area contributed by atoms with E-state index in [1.165, 1.54) is 17.7 Å². The summed E-state index contributed by atoms with van der Waals surface area (Å²) in [5.74, 6) is 2.65. The largest absolute Gasteiger partial charge is 0.497 e. The van der Waals surface area contributed by atoms with Gasteiger partial charge in [-0.15, -0.1) is 0 Å². The van der Waals surface area contributed by atoms with Crippen molar-refractivity contribution in [3.8, 4) is 5.75 Å². The maximum absolute atomic E-state index is 13.0. The Hall–Kier alpha value is -3.15. The van der Waals surface area contributed by atoms with E-state index in [-0.39, 0.29) is 5.82 Å². The summed E-state index contributed by atoms with van der Waals surface area (Å²) in [4.78, 5) is 8.77. The standard InChI is InChI=1S/C20H21FN4O/c1-14-23-19(22-12-11-15-3-9-18(26-2)10-4-15)13-20(24-14)25-17-7-5-16(21)6-8-17/h3-10,13H,11-12H2,1-2H3,(H2,22,23,24,25). The van der Waals surface area contributed by atoms with Crippen LogP contribution in [0.4, 0.5) is 21.7 Å². The zero-order valence-corrected chi connectivity index (χ0v) is 14.8. The minimum absolute atomic E-state index is 0.268. The van der Waals surface area contributed by atoms with Crippen LogP contribution >= 0.6 is 0 Å². The maximum Gasteiger partial charge on any atom is 0.136 e.